The molecule has 1 aromatic carbocycles. The van der Waals surface area contributed by atoms with E-state index in [0.29, 0.717) is 5.56 Å². The smallest absolute Gasteiger partial charge is 0.410 e. The van der Waals surface area contributed by atoms with Crippen molar-refractivity contribution in [1.29, 1.82) is 0 Å². The summed E-state index contributed by atoms with van der Waals surface area (Å²) in [4.78, 5) is 37.9. The van der Waals surface area contributed by atoms with Crippen LogP contribution in [0.3, 0.4) is 0 Å². The fourth-order valence-electron chi connectivity index (χ4n) is 3.26. The molecular weight excluding hydrogens is 434 g/mol. The van der Waals surface area contributed by atoms with Gasteiger partial charge in [0.05, 0.1) is 29.9 Å². The first-order chi connectivity index (χ1) is 14.4. The van der Waals surface area contributed by atoms with Gasteiger partial charge in [0.25, 0.3) is 21.7 Å². The molecule has 0 spiro atoms. The first kappa shape index (κ1) is 24.5. The lowest BCUT2D eigenvalue weighted by atomic mass is 10.1. The molecule has 0 saturated carbocycles. The van der Waals surface area contributed by atoms with E-state index in [1.165, 1.54) is 55.3 Å². The molecule has 1 aromatic rings. The number of ether oxygens (including phenoxy) is 2. The van der Waals surface area contributed by atoms with Crippen molar-refractivity contribution in [2.75, 3.05) is 34.0 Å². The Labute approximate surface area is 179 Å². The zero-order valence-electron chi connectivity index (χ0n) is 17.6. The molecule has 2 amide bonds. The van der Waals surface area contributed by atoms with Crippen molar-refractivity contribution in [1.82, 2.24) is 9.80 Å². The molecule has 31 heavy (non-hydrogen) atoms. The molecule has 0 radical (unpaired) electrons. The van der Waals surface area contributed by atoms with Gasteiger partial charge in [0, 0.05) is 39.8 Å². The summed E-state index contributed by atoms with van der Waals surface area (Å²) in [7, 11) is 0.597. The molecule has 1 fully saturated rings. The van der Waals surface area contributed by atoms with Gasteiger partial charge in [-0.15, -0.1) is 0 Å². The number of carbonyl (C=O) groups is 2. The minimum Gasteiger partial charge on any atom is -0.445 e. The highest BCUT2D eigenvalue weighted by Gasteiger charge is 2.45. The fourth-order valence-corrected chi connectivity index (χ4v) is 3.89. The predicted octanol–water partition coefficient (Wildman–Crippen LogP) is 0.754. The predicted molar refractivity (Wildman–Crippen MR) is 108 cm³/mol. The molecule has 1 unspecified atom stereocenters. The van der Waals surface area contributed by atoms with Crippen LogP contribution < -0.4 is 0 Å². The SMILES string of the molecule is COC(C(=O)N(C)C)[C@@H]1C[C@@H](OS(C)(=O)=O)CN1C(=O)OCc1ccc([N+](=O)[O-])cc1. The maximum atomic E-state index is 12.7. The molecule has 0 aromatic heterocycles. The molecule has 2 rings (SSSR count). The van der Waals surface area contributed by atoms with E-state index in [-0.39, 0.29) is 25.3 Å². The van der Waals surface area contributed by atoms with E-state index in [9.17, 15) is 28.1 Å². The van der Waals surface area contributed by atoms with Gasteiger partial charge in [-0.05, 0) is 17.7 Å². The summed E-state index contributed by atoms with van der Waals surface area (Å²) in [5, 5.41) is 10.7. The molecule has 0 bridgehead atoms. The highest BCUT2D eigenvalue weighted by molar-refractivity contribution is 7.86. The van der Waals surface area contributed by atoms with Crippen molar-refractivity contribution >= 4 is 27.8 Å². The minimum atomic E-state index is -3.79. The number of nitrogens with zero attached hydrogens (tertiary/aromatic N) is 3. The first-order valence-electron chi connectivity index (χ1n) is 9.22. The number of benzene rings is 1. The van der Waals surface area contributed by atoms with Gasteiger partial charge in [-0.1, -0.05) is 0 Å². The second-order valence-electron chi connectivity index (χ2n) is 7.24. The van der Waals surface area contributed by atoms with Crippen LogP contribution in [-0.2, 0) is 35.2 Å². The topological polar surface area (TPSA) is 146 Å². The van der Waals surface area contributed by atoms with Crippen LogP contribution in [0.2, 0.25) is 0 Å². The number of hydrogen-bond donors (Lipinski definition) is 0. The summed E-state index contributed by atoms with van der Waals surface area (Å²) in [5.41, 5.74) is 0.423. The fraction of sp³-hybridized carbons (Fsp3) is 0.556. The van der Waals surface area contributed by atoms with E-state index in [2.05, 4.69) is 0 Å². The largest absolute Gasteiger partial charge is 0.445 e. The van der Waals surface area contributed by atoms with Gasteiger partial charge in [0.1, 0.15) is 6.61 Å². The summed E-state index contributed by atoms with van der Waals surface area (Å²) in [6.07, 6.45) is -1.75. The van der Waals surface area contributed by atoms with Crippen molar-refractivity contribution in [2.24, 2.45) is 0 Å². The van der Waals surface area contributed by atoms with Crippen LogP contribution in [0.5, 0.6) is 0 Å². The van der Waals surface area contributed by atoms with Crippen molar-refractivity contribution in [3.63, 3.8) is 0 Å². The number of amides is 2. The molecule has 172 valence electrons. The standard InChI is InChI=1S/C18H25N3O9S/c1-19(2)17(22)16(28-3)15-9-14(30-31(4,26)27)10-20(15)18(23)29-11-12-5-7-13(8-6-12)21(24)25/h5-8,14-16H,9-11H2,1-4H3/t14-,15+,16?/m1/s1. The molecule has 1 aliphatic rings. The van der Waals surface area contributed by atoms with Crippen LogP contribution in [0.15, 0.2) is 24.3 Å². The maximum absolute atomic E-state index is 12.7. The van der Waals surface area contributed by atoms with Crippen molar-refractivity contribution in [2.45, 2.75) is 31.3 Å². The minimum absolute atomic E-state index is 0.0534. The Morgan fingerprint density at radius 1 is 1.29 bits per heavy atom. The summed E-state index contributed by atoms with van der Waals surface area (Å²) in [5.74, 6) is -0.402. The second kappa shape index (κ2) is 10.0. The number of rotatable bonds is 8. The van der Waals surface area contributed by atoms with Crippen molar-refractivity contribution < 1.29 is 36.6 Å². The molecule has 1 aliphatic heterocycles. The van der Waals surface area contributed by atoms with Crippen molar-refractivity contribution in [3.8, 4) is 0 Å². The van der Waals surface area contributed by atoms with Gasteiger partial charge in [-0.2, -0.15) is 8.42 Å². The number of likely N-dealkylation sites (N-methyl/N-ethyl adjacent to an activating group) is 1. The third-order valence-corrected chi connectivity index (χ3v) is 5.27. The molecule has 1 saturated heterocycles. The van der Waals surface area contributed by atoms with E-state index in [4.69, 9.17) is 13.7 Å². The number of hydrogen-bond acceptors (Lipinski definition) is 9. The number of methoxy groups -OCH3 is 1. The molecule has 0 aliphatic carbocycles. The van der Waals surface area contributed by atoms with E-state index in [1.54, 1.807) is 0 Å². The highest BCUT2D eigenvalue weighted by Crippen LogP contribution is 2.27. The van der Waals surface area contributed by atoms with E-state index < -0.39 is 45.3 Å². The van der Waals surface area contributed by atoms with Gasteiger partial charge in [0.15, 0.2) is 6.10 Å². The van der Waals surface area contributed by atoms with Crippen LogP contribution >= 0.6 is 0 Å². The number of carbonyl (C=O) groups excluding carboxylic acids is 2. The zero-order valence-corrected chi connectivity index (χ0v) is 18.4. The van der Waals surface area contributed by atoms with Gasteiger partial charge in [-0.25, -0.2) is 4.79 Å². The Morgan fingerprint density at radius 3 is 2.39 bits per heavy atom. The Bertz CT molecular complexity index is 918. The van der Waals surface area contributed by atoms with Crippen LogP contribution in [0.4, 0.5) is 10.5 Å². The monoisotopic (exact) mass is 459 g/mol. The average Bonchev–Trinajstić information content (AvgIpc) is 3.08. The third-order valence-electron chi connectivity index (χ3n) is 4.65. The Hall–Kier alpha value is -2.77. The molecule has 12 nitrogen and oxygen atoms in total. The lowest BCUT2D eigenvalue weighted by molar-refractivity contribution is -0.384. The van der Waals surface area contributed by atoms with Gasteiger partial charge < -0.3 is 14.4 Å². The number of nitro benzene ring substituents is 1. The third kappa shape index (κ3) is 6.60. The molecule has 3 atom stereocenters. The normalized spacial score (nSPS) is 19.7. The van der Waals surface area contributed by atoms with Gasteiger partial charge in [0.2, 0.25) is 0 Å². The van der Waals surface area contributed by atoms with Crippen LogP contribution in [0.25, 0.3) is 0 Å². The lowest BCUT2D eigenvalue weighted by Crippen LogP contribution is -2.50. The van der Waals surface area contributed by atoms with Crippen LogP contribution in [0.1, 0.15) is 12.0 Å². The quantitative estimate of drug-likeness (QED) is 0.312. The number of non-ortho nitro benzene ring substituents is 1. The van der Waals surface area contributed by atoms with Gasteiger partial charge >= 0.3 is 6.09 Å². The molecule has 1 heterocycles. The summed E-state index contributed by atoms with van der Waals surface area (Å²) in [6, 6.07) is 4.67. The van der Waals surface area contributed by atoms with Crippen LogP contribution in [0, 0.1) is 10.1 Å². The van der Waals surface area contributed by atoms with E-state index in [0.717, 1.165) is 6.26 Å². The van der Waals surface area contributed by atoms with Crippen LogP contribution in [-0.4, -0.2) is 87.4 Å². The lowest BCUT2D eigenvalue weighted by Gasteiger charge is -2.30. The average molecular weight is 459 g/mol. The second-order valence-corrected chi connectivity index (χ2v) is 8.85. The van der Waals surface area contributed by atoms with E-state index in [1.807, 2.05) is 0 Å². The zero-order chi connectivity index (χ0) is 23.3. The highest BCUT2D eigenvalue weighted by atomic mass is 32.2. The molecular formula is C18H25N3O9S. The molecule has 0 N–H and O–H groups in total. The van der Waals surface area contributed by atoms with Gasteiger partial charge in [-0.3, -0.25) is 24.0 Å². The Kier molecular flexibility index (Phi) is 7.92. The number of nitro groups is 1. The maximum Gasteiger partial charge on any atom is 0.410 e. The molecule has 13 heteroatoms. The first-order valence-corrected chi connectivity index (χ1v) is 11.0. The summed E-state index contributed by atoms with van der Waals surface area (Å²) < 4.78 is 38.7. The Balaban J connectivity index is 2.16. The van der Waals surface area contributed by atoms with Crippen molar-refractivity contribution in [3.05, 3.63) is 39.9 Å². The summed E-state index contributed by atoms with van der Waals surface area (Å²) >= 11 is 0. The summed E-state index contributed by atoms with van der Waals surface area (Å²) in [6.45, 7) is -0.283. The van der Waals surface area contributed by atoms with E-state index >= 15 is 0 Å². The number of likely N-dealkylation sites (tertiary alicyclic amines) is 1. The Morgan fingerprint density at radius 2 is 1.90 bits per heavy atom.